The van der Waals surface area contributed by atoms with Crippen LogP contribution in [-0.4, -0.2) is 33.4 Å². The number of carbonyl (C=O) groups is 1. The topological polar surface area (TPSA) is 70.7 Å². The molecule has 0 radical (unpaired) electrons. The normalized spacial score (nSPS) is 10.4. The molecule has 0 fully saturated rings. The lowest BCUT2D eigenvalue weighted by atomic mass is 10.2. The Morgan fingerprint density at radius 1 is 1.35 bits per heavy atom. The van der Waals surface area contributed by atoms with Gasteiger partial charge in [-0.05, 0) is 25.5 Å². The van der Waals surface area contributed by atoms with Gasteiger partial charge in [0.25, 0.3) is 0 Å². The quantitative estimate of drug-likeness (QED) is 0.604. The third-order valence-corrected chi connectivity index (χ3v) is 3.78. The summed E-state index contributed by atoms with van der Waals surface area (Å²) >= 11 is 1.55. The molecule has 5 nitrogen and oxygen atoms in total. The Balaban J connectivity index is 1.59. The molecule has 106 valence electrons. The van der Waals surface area contributed by atoms with Gasteiger partial charge in [0.1, 0.15) is 12.2 Å². The van der Waals surface area contributed by atoms with Crippen LogP contribution in [0, 0.1) is 6.92 Å². The number of aromatic amines is 1. The van der Waals surface area contributed by atoms with E-state index in [1.807, 2.05) is 12.1 Å². The number of nitrogens with zero attached hydrogens (tertiary/aromatic N) is 2. The standard InChI is InChI=1S/C14H18N4OS/c1-11-4-6-12(7-5-11)20-9-14(19)15-8-2-3-13-16-10-17-18-13/h4-7,10H,2-3,8-9H2,1H3,(H,15,19)(H,16,17,18). The average Bonchev–Trinajstić information content (AvgIpc) is 2.96. The first-order valence-corrected chi connectivity index (χ1v) is 7.53. The summed E-state index contributed by atoms with van der Waals surface area (Å²) in [5.41, 5.74) is 1.23. The molecule has 1 aromatic heterocycles. The zero-order chi connectivity index (χ0) is 14.2. The number of benzene rings is 1. The van der Waals surface area contributed by atoms with Crippen molar-refractivity contribution in [3.05, 3.63) is 42.0 Å². The first-order chi connectivity index (χ1) is 9.74. The number of hydrogen-bond donors (Lipinski definition) is 2. The number of H-pyrrole nitrogens is 1. The summed E-state index contributed by atoms with van der Waals surface area (Å²) in [7, 11) is 0. The summed E-state index contributed by atoms with van der Waals surface area (Å²) in [6, 6.07) is 8.18. The summed E-state index contributed by atoms with van der Waals surface area (Å²) in [5, 5.41) is 9.48. The maximum atomic E-state index is 11.7. The summed E-state index contributed by atoms with van der Waals surface area (Å²) < 4.78 is 0. The van der Waals surface area contributed by atoms with Crippen molar-refractivity contribution in [1.29, 1.82) is 0 Å². The minimum atomic E-state index is 0.0631. The second-order valence-corrected chi connectivity index (χ2v) is 5.54. The van der Waals surface area contributed by atoms with Gasteiger partial charge in [-0.3, -0.25) is 9.89 Å². The van der Waals surface area contributed by atoms with Crippen molar-refractivity contribution in [3.63, 3.8) is 0 Å². The van der Waals surface area contributed by atoms with E-state index in [0.717, 1.165) is 23.6 Å². The van der Waals surface area contributed by atoms with E-state index in [2.05, 4.69) is 39.6 Å². The number of thioether (sulfide) groups is 1. The van der Waals surface area contributed by atoms with Crippen molar-refractivity contribution in [3.8, 4) is 0 Å². The Hall–Kier alpha value is -1.82. The fourth-order valence-electron chi connectivity index (χ4n) is 1.67. The number of nitrogens with one attached hydrogen (secondary N) is 2. The molecule has 0 atom stereocenters. The summed E-state index contributed by atoms with van der Waals surface area (Å²) in [4.78, 5) is 16.8. The third kappa shape index (κ3) is 5.05. The number of aromatic nitrogens is 3. The molecule has 6 heteroatoms. The van der Waals surface area contributed by atoms with E-state index in [4.69, 9.17) is 0 Å². The van der Waals surface area contributed by atoms with Gasteiger partial charge in [0.05, 0.1) is 5.75 Å². The number of rotatable bonds is 7. The second kappa shape index (κ2) is 7.69. The van der Waals surface area contributed by atoms with Crippen molar-refractivity contribution >= 4 is 17.7 Å². The predicted octanol–water partition coefficient (Wildman–Crippen LogP) is 1.95. The highest BCUT2D eigenvalue weighted by Crippen LogP contribution is 2.17. The highest BCUT2D eigenvalue weighted by Gasteiger charge is 2.03. The minimum absolute atomic E-state index is 0.0631. The molecular weight excluding hydrogens is 272 g/mol. The molecule has 0 aliphatic rings. The van der Waals surface area contributed by atoms with E-state index < -0.39 is 0 Å². The van der Waals surface area contributed by atoms with Crippen molar-refractivity contribution < 1.29 is 4.79 Å². The molecule has 0 aliphatic heterocycles. The maximum Gasteiger partial charge on any atom is 0.230 e. The zero-order valence-corrected chi connectivity index (χ0v) is 12.2. The van der Waals surface area contributed by atoms with E-state index in [9.17, 15) is 4.79 Å². The fourth-order valence-corrected chi connectivity index (χ4v) is 2.40. The van der Waals surface area contributed by atoms with Crippen LogP contribution in [0.25, 0.3) is 0 Å². The maximum absolute atomic E-state index is 11.7. The number of carbonyl (C=O) groups excluding carboxylic acids is 1. The molecule has 20 heavy (non-hydrogen) atoms. The molecule has 1 aromatic carbocycles. The van der Waals surface area contributed by atoms with Crippen molar-refractivity contribution in [2.45, 2.75) is 24.7 Å². The van der Waals surface area contributed by atoms with Crippen LogP contribution in [-0.2, 0) is 11.2 Å². The highest BCUT2D eigenvalue weighted by molar-refractivity contribution is 8.00. The lowest BCUT2D eigenvalue weighted by molar-refractivity contribution is -0.118. The average molecular weight is 290 g/mol. The highest BCUT2D eigenvalue weighted by atomic mass is 32.2. The number of aryl methyl sites for hydroxylation is 2. The van der Waals surface area contributed by atoms with Gasteiger partial charge in [-0.2, -0.15) is 5.10 Å². The van der Waals surface area contributed by atoms with Gasteiger partial charge in [-0.25, -0.2) is 4.98 Å². The first-order valence-electron chi connectivity index (χ1n) is 6.54. The van der Waals surface area contributed by atoms with E-state index in [1.165, 1.54) is 11.9 Å². The van der Waals surface area contributed by atoms with Crippen molar-refractivity contribution in [2.24, 2.45) is 0 Å². The molecular formula is C14H18N4OS. The largest absolute Gasteiger partial charge is 0.355 e. The second-order valence-electron chi connectivity index (χ2n) is 4.49. The number of amides is 1. The Labute approximate surface area is 122 Å². The van der Waals surface area contributed by atoms with Crippen LogP contribution in [0.1, 0.15) is 17.8 Å². The molecule has 0 spiro atoms. The summed E-state index contributed by atoms with van der Waals surface area (Å²) in [5.74, 6) is 1.37. The Bertz CT molecular complexity index is 525. The Morgan fingerprint density at radius 2 is 2.15 bits per heavy atom. The van der Waals surface area contributed by atoms with Crippen LogP contribution in [0.15, 0.2) is 35.5 Å². The summed E-state index contributed by atoms with van der Waals surface area (Å²) in [6.45, 7) is 2.71. The van der Waals surface area contributed by atoms with E-state index in [0.29, 0.717) is 12.3 Å². The van der Waals surface area contributed by atoms with Gasteiger partial charge in [0, 0.05) is 17.9 Å². The van der Waals surface area contributed by atoms with Gasteiger partial charge in [0.2, 0.25) is 5.91 Å². The predicted molar refractivity (Wildman–Crippen MR) is 79.6 cm³/mol. The first kappa shape index (κ1) is 14.6. The fraction of sp³-hybridized carbons (Fsp3) is 0.357. The molecule has 0 saturated carbocycles. The van der Waals surface area contributed by atoms with Crippen LogP contribution in [0.5, 0.6) is 0 Å². The van der Waals surface area contributed by atoms with Crippen LogP contribution in [0.3, 0.4) is 0 Å². The van der Waals surface area contributed by atoms with Gasteiger partial charge in [0.15, 0.2) is 0 Å². The van der Waals surface area contributed by atoms with E-state index >= 15 is 0 Å². The molecule has 2 aromatic rings. The smallest absolute Gasteiger partial charge is 0.230 e. The molecule has 1 amide bonds. The van der Waals surface area contributed by atoms with Gasteiger partial charge < -0.3 is 5.32 Å². The van der Waals surface area contributed by atoms with Crippen LogP contribution in [0.2, 0.25) is 0 Å². The molecule has 0 saturated heterocycles. The molecule has 0 aliphatic carbocycles. The summed E-state index contributed by atoms with van der Waals surface area (Å²) in [6.07, 6.45) is 3.15. The monoisotopic (exact) mass is 290 g/mol. The Morgan fingerprint density at radius 3 is 2.85 bits per heavy atom. The zero-order valence-electron chi connectivity index (χ0n) is 11.4. The molecule has 1 heterocycles. The SMILES string of the molecule is Cc1ccc(SCC(=O)NCCCc2ncn[nH]2)cc1. The van der Waals surface area contributed by atoms with Gasteiger partial charge in [-0.15, -0.1) is 11.8 Å². The van der Waals surface area contributed by atoms with Crippen molar-refractivity contribution in [1.82, 2.24) is 20.5 Å². The molecule has 2 N–H and O–H groups in total. The van der Waals surface area contributed by atoms with Gasteiger partial charge >= 0.3 is 0 Å². The lowest BCUT2D eigenvalue weighted by Crippen LogP contribution is -2.26. The molecule has 2 rings (SSSR count). The van der Waals surface area contributed by atoms with Crippen LogP contribution in [0.4, 0.5) is 0 Å². The molecule has 0 unspecified atom stereocenters. The van der Waals surface area contributed by atoms with Crippen LogP contribution >= 0.6 is 11.8 Å². The van der Waals surface area contributed by atoms with E-state index in [1.54, 1.807) is 11.8 Å². The van der Waals surface area contributed by atoms with E-state index in [-0.39, 0.29) is 5.91 Å². The van der Waals surface area contributed by atoms with Crippen LogP contribution < -0.4 is 5.32 Å². The number of hydrogen-bond acceptors (Lipinski definition) is 4. The third-order valence-electron chi connectivity index (χ3n) is 2.77. The van der Waals surface area contributed by atoms with Gasteiger partial charge in [-0.1, -0.05) is 17.7 Å². The minimum Gasteiger partial charge on any atom is -0.355 e. The Kier molecular flexibility index (Phi) is 5.61. The van der Waals surface area contributed by atoms with Crippen molar-refractivity contribution in [2.75, 3.05) is 12.3 Å². The lowest BCUT2D eigenvalue weighted by Gasteiger charge is -2.04. The molecule has 0 bridgehead atoms.